The molecule has 0 atom stereocenters. The van der Waals surface area contributed by atoms with Gasteiger partial charge in [0.15, 0.2) is 0 Å². The van der Waals surface area contributed by atoms with Crippen LogP contribution in [0, 0.1) is 0 Å². The Kier molecular flexibility index (Phi) is 7.13. The molecule has 8 heteroatoms. The molecule has 2 heterocycles. The van der Waals surface area contributed by atoms with Gasteiger partial charge in [0.1, 0.15) is 6.61 Å². The fourth-order valence-electron chi connectivity index (χ4n) is 4.05. The number of esters is 1. The van der Waals surface area contributed by atoms with Gasteiger partial charge in [-0.2, -0.15) is 13.2 Å². The summed E-state index contributed by atoms with van der Waals surface area (Å²) in [6, 6.07) is 12.0. The minimum Gasteiger partial charge on any atom is -0.461 e. The van der Waals surface area contributed by atoms with Crippen LogP contribution in [0.25, 0.3) is 10.9 Å². The minimum atomic E-state index is -4.44. The lowest BCUT2D eigenvalue weighted by Gasteiger charge is -2.19. The average Bonchev–Trinajstić information content (AvgIpc) is 3.07. The van der Waals surface area contributed by atoms with Gasteiger partial charge < -0.3 is 10.1 Å². The Morgan fingerprint density at radius 3 is 2.52 bits per heavy atom. The number of hydrogen-bond acceptors (Lipinski definition) is 5. The van der Waals surface area contributed by atoms with E-state index in [1.54, 1.807) is 30.3 Å². The van der Waals surface area contributed by atoms with E-state index in [2.05, 4.69) is 15.2 Å². The van der Waals surface area contributed by atoms with Crippen LogP contribution in [0.2, 0.25) is 0 Å². The number of carbonyl (C=O) groups excluding carboxylic acids is 1. The number of benzene rings is 2. The number of halogens is 3. The van der Waals surface area contributed by atoms with Gasteiger partial charge in [-0.3, -0.25) is 9.88 Å². The predicted molar refractivity (Wildman–Crippen MR) is 122 cm³/mol. The molecule has 0 saturated carbocycles. The van der Waals surface area contributed by atoms with E-state index in [1.807, 2.05) is 0 Å². The Labute approximate surface area is 190 Å². The zero-order valence-electron chi connectivity index (χ0n) is 18.2. The van der Waals surface area contributed by atoms with Gasteiger partial charge in [0.2, 0.25) is 0 Å². The first-order chi connectivity index (χ1) is 15.9. The highest BCUT2D eigenvalue weighted by Crippen LogP contribution is 2.33. The molecule has 1 N–H and O–H groups in total. The molecule has 2 aromatic carbocycles. The lowest BCUT2D eigenvalue weighted by atomic mass is 10.1. The van der Waals surface area contributed by atoms with E-state index in [9.17, 15) is 18.0 Å². The second-order valence-corrected chi connectivity index (χ2v) is 8.15. The van der Waals surface area contributed by atoms with Crippen molar-refractivity contribution in [2.45, 2.75) is 31.9 Å². The summed E-state index contributed by atoms with van der Waals surface area (Å²) < 4.78 is 44.7. The Morgan fingerprint density at radius 1 is 1.00 bits per heavy atom. The smallest absolute Gasteiger partial charge is 0.416 e. The van der Waals surface area contributed by atoms with Crippen LogP contribution in [-0.2, 0) is 10.9 Å². The molecule has 1 fully saturated rings. The van der Waals surface area contributed by atoms with Crippen LogP contribution >= 0.6 is 0 Å². The van der Waals surface area contributed by atoms with E-state index < -0.39 is 17.7 Å². The molecule has 5 nitrogen and oxygen atoms in total. The molecule has 0 radical (unpaired) electrons. The number of hydrogen-bond donors (Lipinski definition) is 1. The molecule has 1 aromatic heterocycles. The summed E-state index contributed by atoms with van der Waals surface area (Å²) in [6.45, 7) is 3.07. The Balaban J connectivity index is 1.48. The van der Waals surface area contributed by atoms with Crippen LogP contribution in [0.3, 0.4) is 0 Å². The van der Waals surface area contributed by atoms with Crippen molar-refractivity contribution in [2.75, 3.05) is 31.6 Å². The second kappa shape index (κ2) is 10.2. The SMILES string of the molecule is O=C(OCCN1CCCCCC1)c1ccccc1Nc1ccnc2cc(C(F)(F)F)ccc12. The maximum Gasteiger partial charge on any atom is 0.416 e. The number of alkyl halides is 3. The minimum absolute atomic E-state index is 0.215. The molecule has 0 aliphatic carbocycles. The quantitative estimate of drug-likeness (QED) is 0.458. The number of anilines is 2. The molecule has 3 aromatic rings. The standard InChI is InChI=1S/C25H26F3N3O2/c26-25(27,28)18-9-10-19-22(11-12-29-23(19)17-18)30-21-8-4-3-7-20(21)24(32)33-16-15-31-13-5-1-2-6-14-31/h3-4,7-12,17H,1-2,5-6,13-16H2,(H,29,30). The normalized spacial score (nSPS) is 15.2. The largest absolute Gasteiger partial charge is 0.461 e. The molecule has 174 valence electrons. The molecule has 33 heavy (non-hydrogen) atoms. The van der Waals surface area contributed by atoms with Crippen molar-refractivity contribution < 1.29 is 22.7 Å². The highest BCUT2D eigenvalue weighted by Gasteiger charge is 2.30. The summed E-state index contributed by atoms with van der Waals surface area (Å²) in [5.74, 6) is -0.439. The number of fused-ring (bicyclic) bond motifs is 1. The highest BCUT2D eigenvalue weighted by atomic mass is 19.4. The summed E-state index contributed by atoms with van der Waals surface area (Å²) >= 11 is 0. The predicted octanol–water partition coefficient (Wildman–Crippen LogP) is 6.03. The summed E-state index contributed by atoms with van der Waals surface area (Å²) in [6.07, 6.45) is 1.83. The van der Waals surface area contributed by atoms with Gasteiger partial charge >= 0.3 is 12.1 Å². The van der Waals surface area contributed by atoms with Crippen molar-refractivity contribution in [1.29, 1.82) is 0 Å². The molecule has 4 rings (SSSR count). The number of carbonyl (C=O) groups is 1. The van der Waals surface area contributed by atoms with Crippen molar-refractivity contribution in [3.63, 3.8) is 0 Å². The zero-order valence-corrected chi connectivity index (χ0v) is 18.2. The van der Waals surface area contributed by atoms with Crippen LogP contribution in [0.5, 0.6) is 0 Å². The van der Waals surface area contributed by atoms with E-state index in [4.69, 9.17) is 4.74 Å². The average molecular weight is 457 g/mol. The van der Waals surface area contributed by atoms with Crippen LogP contribution in [0.1, 0.15) is 41.6 Å². The van der Waals surface area contributed by atoms with Crippen molar-refractivity contribution in [1.82, 2.24) is 9.88 Å². The third-order valence-electron chi connectivity index (χ3n) is 5.83. The molecule has 1 saturated heterocycles. The molecule has 0 unspecified atom stereocenters. The third-order valence-corrected chi connectivity index (χ3v) is 5.83. The maximum absolute atomic E-state index is 13.0. The van der Waals surface area contributed by atoms with Crippen molar-refractivity contribution in [3.8, 4) is 0 Å². The number of nitrogens with one attached hydrogen (secondary N) is 1. The molecule has 1 aliphatic heterocycles. The number of para-hydroxylation sites is 1. The number of pyridine rings is 1. The van der Waals surface area contributed by atoms with E-state index in [0.29, 0.717) is 35.5 Å². The van der Waals surface area contributed by atoms with Crippen LogP contribution in [-0.4, -0.2) is 42.1 Å². The fourth-order valence-corrected chi connectivity index (χ4v) is 4.05. The zero-order chi connectivity index (χ0) is 23.3. The molecule has 0 bridgehead atoms. The van der Waals surface area contributed by atoms with Gasteiger partial charge in [-0.05, 0) is 56.3 Å². The number of aromatic nitrogens is 1. The first kappa shape index (κ1) is 23.0. The molecule has 1 aliphatic rings. The topological polar surface area (TPSA) is 54.5 Å². The van der Waals surface area contributed by atoms with E-state index in [-0.39, 0.29) is 5.52 Å². The first-order valence-corrected chi connectivity index (χ1v) is 11.1. The van der Waals surface area contributed by atoms with E-state index in [1.165, 1.54) is 37.9 Å². The Hall–Kier alpha value is -3.13. The molecule has 0 spiro atoms. The number of likely N-dealkylation sites (tertiary alicyclic amines) is 1. The van der Waals surface area contributed by atoms with Crippen LogP contribution in [0.15, 0.2) is 54.7 Å². The lowest BCUT2D eigenvalue weighted by Crippen LogP contribution is -2.29. The number of nitrogens with zero attached hydrogens (tertiary/aromatic N) is 2. The summed E-state index contributed by atoms with van der Waals surface area (Å²) in [5.41, 5.74) is 0.897. The van der Waals surface area contributed by atoms with Crippen LogP contribution in [0.4, 0.5) is 24.5 Å². The van der Waals surface area contributed by atoms with Crippen LogP contribution < -0.4 is 5.32 Å². The maximum atomic E-state index is 13.0. The molecule has 0 amide bonds. The van der Waals surface area contributed by atoms with Gasteiger partial charge in [-0.15, -0.1) is 0 Å². The second-order valence-electron chi connectivity index (χ2n) is 8.15. The number of rotatable bonds is 6. The Bertz CT molecular complexity index is 1110. The van der Waals surface area contributed by atoms with Crippen molar-refractivity contribution in [3.05, 3.63) is 65.9 Å². The van der Waals surface area contributed by atoms with Crippen molar-refractivity contribution in [2.24, 2.45) is 0 Å². The summed E-state index contributed by atoms with van der Waals surface area (Å²) in [5, 5.41) is 3.69. The summed E-state index contributed by atoms with van der Waals surface area (Å²) in [4.78, 5) is 19.2. The molecular weight excluding hydrogens is 431 g/mol. The van der Waals surface area contributed by atoms with Gasteiger partial charge in [0.05, 0.1) is 22.3 Å². The third kappa shape index (κ3) is 5.82. The van der Waals surface area contributed by atoms with E-state index in [0.717, 1.165) is 25.2 Å². The highest BCUT2D eigenvalue weighted by molar-refractivity contribution is 5.99. The monoisotopic (exact) mass is 457 g/mol. The van der Waals surface area contributed by atoms with Gasteiger partial charge in [-0.1, -0.05) is 31.0 Å². The van der Waals surface area contributed by atoms with Gasteiger partial charge in [0, 0.05) is 23.8 Å². The lowest BCUT2D eigenvalue weighted by molar-refractivity contribution is -0.137. The van der Waals surface area contributed by atoms with Gasteiger partial charge in [0.25, 0.3) is 0 Å². The molecular formula is C25H26F3N3O2. The number of ether oxygens (including phenoxy) is 1. The van der Waals surface area contributed by atoms with Crippen molar-refractivity contribution >= 4 is 28.2 Å². The van der Waals surface area contributed by atoms with E-state index >= 15 is 0 Å². The fraction of sp³-hybridized carbons (Fsp3) is 0.360. The first-order valence-electron chi connectivity index (χ1n) is 11.1. The summed E-state index contributed by atoms with van der Waals surface area (Å²) in [7, 11) is 0. The Morgan fingerprint density at radius 2 is 1.76 bits per heavy atom. The van der Waals surface area contributed by atoms with Gasteiger partial charge in [-0.25, -0.2) is 4.79 Å².